The first-order chi connectivity index (χ1) is 14.6. The molecule has 0 amide bonds. The highest BCUT2D eigenvalue weighted by atomic mass is 16.6. The summed E-state index contributed by atoms with van der Waals surface area (Å²) in [5.41, 5.74) is 7.65. The molecule has 31 heavy (non-hydrogen) atoms. The summed E-state index contributed by atoms with van der Waals surface area (Å²) in [4.78, 5) is 0. The maximum Gasteiger partial charge on any atom is 0.0892 e. The van der Waals surface area contributed by atoms with Crippen LogP contribution in [-0.2, 0) is 4.74 Å². The Morgan fingerprint density at radius 2 is 0.935 bits per heavy atom. The van der Waals surface area contributed by atoms with E-state index in [4.69, 9.17) is 4.74 Å². The number of ether oxygens (including phenoxy) is 1. The Bertz CT molecular complexity index is 677. The summed E-state index contributed by atoms with van der Waals surface area (Å²) in [6.07, 6.45) is 24.3. The maximum atomic E-state index is 5.68. The summed E-state index contributed by atoms with van der Waals surface area (Å²) in [7, 11) is 0. The monoisotopic (exact) mass is 426 g/mol. The lowest BCUT2D eigenvalue weighted by atomic mass is 10.0. The molecular weight excluding hydrogens is 376 g/mol. The highest BCUT2D eigenvalue weighted by Gasteiger charge is 2.46. The van der Waals surface area contributed by atoms with Gasteiger partial charge in [0.1, 0.15) is 0 Å². The van der Waals surface area contributed by atoms with Gasteiger partial charge < -0.3 is 4.74 Å². The van der Waals surface area contributed by atoms with E-state index in [1.165, 1.54) is 79.2 Å². The van der Waals surface area contributed by atoms with Gasteiger partial charge in [-0.3, -0.25) is 0 Å². The first-order valence-electron chi connectivity index (χ1n) is 12.5. The largest absolute Gasteiger partial charge is 0.367 e. The summed E-state index contributed by atoms with van der Waals surface area (Å²) in [5.74, 6) is 0. The standard InChI is InChI=1S/C30H50O/c1-24(2)14-11-17-27(5)20-12-18-25(3)15-9-10-16-26(4)19-13-21-28(6)22-23-29-30(7,8)31-29/h14-16,20-21,29H,9-13,17-19,22-23H2,1-8H3/b25-15?,26-16+,27-20+,28-21+/t29-/m0/s1. The maximum absolute atomic E-state index is 5.68. The van der Waals surface area contributed by atoms with Crippen LogP contribution in [0.2, 0.25) is 0 Å². The first-order valence-corrected chi connectivity index (χ1v) is 12.5. The van der Waals surface area contributed by atoms with E-state index in [0.29, 0.717) is 6.10 Å². The highest BCUT2D eigenvalue weighted by Crippen LogP contribution is 2.38. The number of unbranched alkanes of at least 4 members (excludes halogenated alkanes) is 1. The molecule has 1 heteroatoms. The predicted molar refractivity (Wildman–Crippen MR) is 140 cm³/mol. The van der Waals surface area contributed by atoms with Crippen LogP contribution < -0.4 is 0 Å². The smallest absolute Gasteiger partial charge is 0.0892 e. The fraction of sp³-hybridized carbons (Fsp3) is 0.667. The summed E-state index contributed by atoms with van der Waals surface area (Å²) in [6, 6.07) is 0. The molecule has 0 bridgehead atoms. The van der Waals surface area contributed by atoms with Crippen LogP contribution in [0.15, 0.2) is 58.2 Å². The van der Waals surface area contributed by atoms with Gasteiger partial charge in [-0.2, -0.15) is 0 Å². The summed E-state index contributed by atoms with van der Waals surface area (Å²) >= 11 is 0. The zero-order valence-corrected chi connectivity index (χ0v) is 21.9. The Hall–Kier alpha value is -1.34. The lowest BCUT2D eigenvalue weighted by Crippen LogP contribution is -2.02. The third-order valence-electron chi connectivity index (χ3n) is 6.27. The Balaban J connectivity index is 2.15. The van der Waals surface area contributed by atoms with Gasteiger partial charge in [0.15, 0.2) is 0 Å². The molecule has 0 aromatic rings. The van der Waals surface area contributed by atoms with E-state index in [-0.39, 0.29) is 5.60 Å². The van der Waals surface area contributed by atoms with Crippen LogP contribution in [0.5, 0.6) is 0 Å². The van der Waals surface area contributed by atoms with Gasteiger partial charge in [-0.25, -0.2) is 0 Å². The molecule has 0 aromatic heterocycles. The van der Waals surface area contributed by atoms with Crippen molar-refractivity contribution in [2.75, 3.05) is 0 Å². The van der Waals surface area contributed by atoms with Crippen LogP contribution in [0.1, 0.15) is 120 Å². The molecular formula is C30H50O. The lowest BCUT2D eigenvalue weighted by molar-refractivity contribution is 0.320. The van der Waals surface area contributed by atoms with Crippen molar-refractivity contribution in [3.05, 3.63) is 58.2 Å². The zero-order chi connectivity index (χ0) is 23.3. The van der Waals surface area contributed by atoms with Crippen molar-refractivity contribution >= 4 is 0 Å². The van der Waals surface area contributed by atoms with Crippen molar-refractivity contribution in [3.8, 4) is 0 Å². The molecule has 0 aromatic carbocycles. The molecule has 1 heterocycles. The third-order valence-corrected chi connectivity index (χ3v) is 6.27. The predicted octanol–water partition coefficient (Wildman–Crippen LogP) is 9.82. The van der Waals surface area contributed by atoms with Crippen molar-refractivity contribution in [3.63, 3.8) is 0 Å². The molecule has 1 fully saturated rings. The minimum Gasteiger partial charge on any atom is -0.367 e. The van der Waals surface area contributed by atoms with Gasteiger partial charge in [0, 0.05) is 0 Å². The zero-order valence-electron chi connectivity index (χ0n) is 21.9. The minimum absolute atomic E-state index is 0.132. The topological polar surface area (TPSA) is 12.5 Å². The fourth-order valence-electron chi connectivity index (χ4n) is 3.85. The van der Waals surface area contributed by atoms with E-state index in [1.54, 1.807) is 0 Å². The minimum atomic E-state index is 0.132. The van der Waals surface area contributed by atoms with E-state index in [0.717, 1.165) is 12.8 Å². The van der Waals surface area contributed by atoms with Crippen LogP contribution in [0.25, 0.3) is 0 Å². The van der Waals surface area contributed by atoms with E-state index < -0.39 is 0 Å². The van der Waals surface area contributed by atoms with Crippen molar-refractivity contribution in [2.24, 2.45) is 0 Å². The molecule has 0 saturated carbocycles. The van der Waals surface area contributed by atoms with Gasteiger partial charge in [-0.1, -0.05) is 58.2 Å². The molecule has 1 rings (SSSR count). The van der Waals surface area contributed by atoms with Crippen molar-refractivity contribution in [1.82, 2.24) is 0 Å². The second kappa shape index (κ2) is 14.7. The summed E-state index contributed by atoms with van der Waals surface area (Å²) in [6.45, 7) is 17.8. The Kier molecular flexibility index (Phi) is 13.1. The van der Waals surface area contributed by atoms with Gasteiger partial charge in [0.2, 0.25) is 0 Å². The van der Waals surface area contributed by atoms with Crippen molar-refractivity contribution in [1.29, 1.82) is 0 Å². The van der Waals surface area contributed by atoms with Gasteiger partial charge in [0.25, 0.3) is 0 Å². The summed E-state index contributed by atoms with van der Waals surface area (Å²) in [5, 5.41) is 0. The van der Waals surface area contributed by atoms with Crippen LogP contribution in [0.3, 0.4) is 0 Å². The average Bonchev–Trinajstić information content (AvgIpc) is 3.30. The first kappa shape index (κ1) is 27.7. The Labute approximate surface area is 194 Å². The number of allylic oxidation sites excluding steroid dienone is 10. The molecule has 176 valence electrons. The quantitative estimate of drug-likeness (QED) is 0.144. The normalized spacial score (nSPS) is 19.5. The van der Waals surface area contributed by atoms with Crippen LogP contribution >= 0.6 is 0 Å². The molecule has 0 radical (unpaired) electrons. The summed E-state index contributed by atoms with van der Waals surface area (Å²) < 4.78 is 5.68. The molecule has 1 saturated heterocycles. The molecule has 1 aliphatic heterocycles. The van der Waals surface area contributed by atoms with Crippen molar-refractivity contribution < 1.29 is 4.74 Å². The highest BCUT2D eigenvalue weighted by molar-refractivity contribution is 5.08. The van der Waals surface area contributed by atoms with Crippen LogP contribution in [-0.4, -0.2) is 11.7 Å². The van der Waals surface area contributed by atoms with Gasteiger partial charge in [-0.15, -0.1) is 0 Å². The van der Waals surface area contributed by atoms with Gasteiger partial charge >= 0.3 is 0 Å². The van der Waals surface area contributed by atoms with E-state index in [9.17, 15) is 0 Å². The van der Waals surface area contributed by atoms with Gasteiger partial charge in [-0.05, 0) is 120 Å². The third kappa shape index (κ3) is 14.4. The molecule has 1 nitrogen and oxygen atoms in total. The molecule has 0 spiro atoms. The molecule has 0 aliphatic carbocycles. The van der Waals surface area contributed by atoms with E-state index >= 15 is 0 Å². The number of hydrogen-bond donors (Lipinski definition) is 0. The molecule has 0 N–H and O–H groups in total. The lowest BCUT2D eigenvalue weighted by Gasteiger charge is -2.03. The number of rotatable bonds is 15. The van der Waals surface area contributed by atoms with E-state index in [2.05, 4.69) is 85.8 Å². The Morgan fingerprint density at radius 1 is 0.581 bits per heavy atom. The van der Waals surface area contributed by atoms with Gasteiger partial charge in [0.05, 0.1) is 11.7 Å². The SMILES string of the molecule is CC(C)=CCC/C(C)=C/CCC(C)=CCC/C=C(\C)CC/C=C(\C)CC[C@@H]1OC1(C)C. The Morgan fingerprint density at radius 3 is 1.32 bits per heavy atom. The molecule has 1 atom stereocenters. The average molecular weight is 427 g/mol. The van der Waals surface area contributed by atoms with Crippen molar-refractivity contribution in [2.45, 2.75) is 131 Å². The van der Waals surface area contributed by atoms with E-state index in [1.807, 2.05) is 0 Å². The number of epoxide rings is 1. The second-order valence-electron chi connectivity index (χ2n) is 10.4. The fourth-order valence-corrected chi connectivity index (χ4v) is 3.85. The second-order valence-corrected chi connectivity index (χ2v) is 10.4. The molecule has 1 aliphatic rings. The molecule has 0 unspecified atom stereocenters. The number of hydrogen-bond acceptors (Lipinski definition) is 1. The van der Waals surface area contributed by atoms with Crippen LogP contribution in [0.4, 0.5) is 0 Å². The van der Waals surface area contributed by atoms with Crippen LogP contribution in [0, 0.1) is 0 Å².